The third-order valence-electron chi connectivity index (χ3n) is 2.71. The molecular formula is C15H9Cl2NS. The summed E-state index contributed by atoms with van der Waals surface area (Å²) < 4.78 is 0. The SMILES string of the molecule is Clc1ccc(Sc2ccnc3cc(Cl)ccc23)cc1. The second-order valence-electron chi connectivity index (χ2n) is 4.03. The van der Waals surface area contributed by atoms with E-state index in [4.69, 9.17) is 23.2 Å². The van der Waals surface area contributed by atoms with E-state index in [0.717, 1.165) is 25.7 Å². The second-order valence-corrected chi connectivity index (χ2v) is 6.01. The average Bonchev–Trinajstić information content (AvgIpc) is 2.41. The number of pyridine rings is 1. The average molecular weight is 306 g/mol. The van der Waals surface area contributed by atoms with E-state index in [1.165, 1.54) is 0 Å². The Kier molecular flexibility index (Phi) is 3.65. The lowest BCUT2D eigenvalue weighted by atomic mass is 10.2. The molecule has 94 valence electrons. The van der Waals surface area contributed by atoms with Gasteiger partial charge in [-0.05, 0) is 42.5 Å². The van der Waals surface area contributed by atoms with Crippen LogP contribution in [-0.4, -0.2) is 4.98 Å². The van der Waals surface area contributed by atoms with E-state index in [9.17, 15) is 0 Å². The Morgan fingerprint density at radius 3 is 2.37 bits per heavy atom. The largest absolute Gasteiger partial charge is 0.256 e. The first-order chi connectivity index (χ1) is 9.22. The molecule has 1 heterocycles. The molecule has 0 radical (unpaired) electrons. The maximum atomic E-state index is 5.99. The fourth-order valence-corrected chi connectivity index (χ4v) is 3.04. The van der Waals surface area contributed by atoms with Crippen molar-refractivity contribution in [3.05, 3.63) is 64.8 Å². The third-order valence-corrected chi connectivity index (χ3v) is 4.28. The van der Waals surface area contributed by atoms with Crippen LogP contribution in [0.15, 0.2) is 64.5 Å². The highest BCUT2D eigenvalue weighted by Gasteiger charge is 2.04. The summed E-state index contributed by atoms with van der Waals surface area (Å²) in [5.41, 5.74) is 0.909. The molecule has 0 bridgehead atoms. The van der Waals surface area contributed by atoms with E-state index in [-0.39, 0.29) is 0 Å². The number of hydrogen-bond acceptors (Lipinski definition) is 2. The van der Waals surface area contributed by atoms with Gasteiger partial charge in [0.25, 0.3) is 0 Å². The van der Waals surface area contributed by atoms with Gasteiger partial charge in [0, 0.05) is 31.4 Å². The van der Waals surface area contributed by atoms with Gasteiger partial charge in [0.2, 0.25) is 0 Å². The van der Waals surface area contributed by atoms with Crippen LogP contribution in [0.3, 0.4) is 0 Å². The summed E-state index contributed by atoms with van der Waals surface area (Å²) in [6, 6.07) is 15.6. The van der Waals surface area contributed by atoms with Crippen LogP contribution in [0.5, 0.6) is 0 Å². The molecule has 1 aromatic heterocycles. The molecule has 19 heavy (non-hydrogen) atoms. The van der Waals surface area contributed by atoms with Crippen molar-refractivity contribution in [1.82, 2.24) is 4.98 Å². The Balaban J connectivity index is 2.03. The standard InChI is InChI=1S/C15H9Cl2NS/c16-10-1-4-12(5-2-10)19-15-7-8-18-14-9-11(17)3-6-13(14)15/h1-9H. The normalized spacial score (nSPS) is 10.8. The highest BCUT2D eigenvalue weighted by molar-refractivity contribution is 7.99. The number of fused-ring (bicyclic) bond motifs is 1. The van der Waals surface area contributed by atoms with E-state index in [0.29, 0.717) is 5.02 Å². The van der Waals surface area contributed by atoms with Crippen LogP contribution in [0, 0.1) is 0 Å². The van der Waals surface area contributed by atoms with Crippen LogP contribution in [0.1, 0.15) is 0 Å². The fraction of sp³-hybridized carbons (Fsp3) is 0. The Labute approximate surface area is 125 Å². The smallest absolute Gasteiger partial charge is 0.0728 e. The lowest BCUT2D eigenvalue weighted by Crippen LogP contribution is -1.82. The monoisotopic (exact) mass is 305 g/mol. The summed E-state index contributed by atoms with van der Waals surface area (Å²) in [5, 5.41) is 2.55. The molecule has 0 fully saturated rings. The number of benzene rings is 2. The molecule has 0 aliphatic carbocycles. The Morgan fingerprint density at radius 1 is 0.842 bits per heavy atom. The van der Waals surface area contributed by atoms with Crippen LogP contribution in [0.2, 0.25) is 10.0 Å². The van der Waals surface area contributed by atoms with Crippen molar-refractivity contribution >= 4 is 45.9 Å². The Morgan fingerprint density at radius 2 is 1.58 bits per heavy atom. The molecule has 3 aromatic rings. The van der Waals surface area contributed by atoms with Gasteiger partial charge in [-0.3, -0.25) is 4.98 Å². The summed E-state index contributed by atoms with van der Waals surface area (Å²) >= 11 is 13.6. The summed E-state index contributed by atoms with van der Waals surface area (Å²) in [6.45, 7) is 0. The van der Waals surface area contributed by atoms with Gasteiger partial charge in [-0.2, -0.15) is 0 Å². The van der Waals surface area contributed by atoms with Gasteiger partial charge >= 0.3 is 0 Å². The van der Waals surface area contributed by atoms with Crippen molar-refractivity contribution in [2.45, 2.75) is 9.79 Å². The minimum Gasteiger partial charge on any atom is -0.256 e. The van der Waals surface area contributed by atoms with Crippen LogP contribution < -0.4 is 0 Å². The van der Waals surface area contributed by atoms with E-state index in [1.807, 2.05) is 48.5 Å². The van der Waals surface area contributed by atoms with Gasteiger partial charge < -0.3 is 0 Å². The molecule has 2 aromatic carbocycles. The maximum Gasteiger partial charge on any atom is 0.0728 e. The van der Waals surface area contributed by atoms with Crippen molar-refractivity contribution in [3.8, 4) is 0 Å². The van der Waals surface area contributed by atoms with E-state index in [2.05, 4.69) is 4.98 Å². The predicted octanol–water partition coefficient (Wildman–Crippen LogP) is 5.69. The first kappa shape index (κ1) is 12.8. The second kappa shape index (κ2) is 5.41. The van der Waals surface area contributed by atoms with E-state index < -0.39 is 0 Å². The molecule has 0 unspecified atom stereocenters. The van der Waals surface area contributed by atoms with Crippen molar-refractivity contribution in [1.29, 1.82) is 0 Å². The topological polar surface area (TPSA) is 12.9 Å². The number of halogens is 2. The van der Waals surface area contributed by atoms with Crippen LogP contribution in [-0.2, 0) is 0 Å². The molecular weight excluding hydrogens is 297 g/mol. The minimum absolute atomic E-state index is 0.702. The summed E-state index contributed by atoms with van der Waals surface area (Å²) in [4.78, 5) is 6.64. The first-order valence-electron chi connectivity index (χ1n) is 5.70. The molecule has 0 atom stereocenters. The summed E-state index contributed by atoms with van der Waals surface area (Å²) in [6.07, 6.45) is 1.80. The van der Waals surface area contributed by atoms with E-state index in [1.54, 1.807) is 18.0 Å². The highest BCUT2D eigenvalue weighted by Crippen LogP contribution is 2.33. The maximum absolute atomic E-state index is 5.99. The van der Waals surface area contributed by atoms with Crippen LogP contribution in [0.4, 0.5) is 0 Å². The van der Waals surface area contributed by atoms with Crippen LogP contribution >= 0.6 is 35.0 Å². The highest BCUT2D eigenvalue weighted by atomic mass is 35.5. The molecule has 0 saturated carbocycles. The molecule has 3 rings (SSSR count). The Bertz CT molecular complexity index is 726. The van der Waals surface area contributed by atoms with Gasteiger partial charge in [-0.15, -0.1) is 0 Å². The molecule has 0 spiro atoms. The van der Waals surface area contributed by atoms with E-state index >= 15 is 0 Å². The predicted molar refractivity (Wildman–Crippen MR) is 82.3 cm³/mol. The Hall–Kier alpha value is -1.22. The zero-order valence-electron chi connectivity index (χ0n) is 9.81. The third kappa shape index (κ3) is 2.86. The molecule has 0 aliphatic heterocycles. The van der Waals surface area contributed by atoms with Crippen molar-refractivity contribution in [2.75, 3.05) is 0 Å². The van der Waals surface area contributed by atoms with Gasteiger partial charge in [0.15, 0.2) is 0 Å². The minimum atomic E-state index is 0.702. The molecule has 0 aliphatic rings. The quantitative estimate of drug-likeness (QED) is 0.603. The summed E-state index contributed by atoms with van der Waals surface area (Å²) in [5.74, 6) is 0. The van der Waals surface area contributed by atoms with Gasteiger partial charge in [0.1, 0.15) is 0 Å². The number of aromatic nitrogens is 1. The molecule has 0 amide bonds. The molecule has 0 saturated heterocycles. The van der Waals surface area contributed by atoms with Crippen molar-refractivity contribution in [2.24, 2.45) is 0 Å². The molecule has 0 N–H and O–H groups in total. The van der Waals surface area contributed by atoms with Gasteiger partial charge in [-0.1, -0.05) is 41.0 Å². The number of nitrogens with zero attached hydrogens (tertiary/aromatic N) is 1. The van der Waals surface area contributed by atoms with Crippen molar-refractivity contribution < 1.29 is 0 Å². The molecule has 4 heteroatoms. The zero-order valence-corrected chi connectivity index (χ0v) is 12.1. The van der Waals surface area contributed by atoms with Crippen LogP contribution in [0.25, 0.3) is 10.9 Å². The van der Waals surface area contributed by atoms with Gasteiger partial charge in [0.05, 0.1) is 5.52 Å². The van der Waals surface area contributed by atoms with Crippen molar-refractivity contribution in [3.63, 3.8) is 0 Å². The lowest BCUT2D eigenvalue weighted by Gasteiger charge is -2.06. The first-order valence-corrected chi connectivity index (χ1v) is 7.27. The number of hydrogen-bond donors (Lipinski definition) is 0. The van der Waals surface area contributed by atoms with Gasteiger partial charge in [-0.25, -0.2) is 0 Å². The molecule has 1 nitrogen and oxygen atoms in total. The summed E-state index contributed by atoms with van der Waals surface area (Å²) in [7, 11) is 0. The number of rotatable bonds is 2. The zero-order chi connectivity index (χ0) is 13.2. The lowest BCUT2D eigenvalue weighted by molar-refractivity contribution is 1.34. The fourth-order valence-electron chi connectivity index (χ4n) is 1.81.